The highest BCUT2D eigenvalue weighted by Crippen LogP contribution is 2.34. The van der Waals surface area contributed by atoms with Crippen molar-refractivity contribution in [2.75, 3.05) is 33.6 Å². The Morgan fingerprint density at radius 1 is 1.26 bits per heavy atom. The number of nitrogens with zero attached hydrogens (tertiary/aromatic N) is 1. The summed E-state index contributed by atoms with van der Waals surface area (Å²) in [5.74, 6) is 2.25. The normalized spacial score (nSPS) is 14.4. The number of methoxy groups -OCH3 is 1. The van der Waals surface area contributed by atoms with Gasteiger partial charge in [-0.15, -0.1) is 0 Å². The summed E-state index contributed by atoms with van der Waals surface area (Å²) in [7, 11) is 1.67. The number of aliphatic hydroxyl groups excluding tert-OH is 1. The molecule has 2 heterocycles. The number of hydrogen-bond donors (Lipinski definition) is 1. The summed E-state index contributed by atoms with van der Waals surface area (Å²) >= 11 is 0. The molecular weight excluding hydrogens is 298 g/mol. The van der Waals surface area contributed by atoms with E-state index in [-0.39, 0.29) is 6.79 Å². The second-order valence-corrected chi connectivity index (χ2v) is 5.44. The molecule has 0 fully saturated rings. The first-order chi connectivity index (χ1) is 11.3. The lowest BCUT2D eigenvalue weighted by Crippen LogP contribution is -2.31. The Morgan fingerprint density at radius 2 is 2.13 bits per heavy atom. The van der Waals surface area contributed by atoms with Crippen molar-refractivity contribution >= 4 is 0 Å². The number of hydrogen-bond acceptors (Lipinski definition) is 6. The van der Waals surface area contributed by atoms with Gasteiger partial charge in [0.2, 0.25) is 6.79 Å². The van der Waals surface area contributed by atoms with Crippen molar-refractivity contribution in [3.8, 4) is 11.5 Å². The highest BCUT2D eigenvalue weighted by Gasteiger charge is 2.19. The van der Waals surface area contributed by atoms with Crippen LogP contribution in [0.15, 0.2) is 41.0 Å². The van der Waals surface area contributed by atoms with Crippen molar-refractivity contribution in [2.24, 2.45) is 0 Å². The summed E-state index contributed by atoms with van der Waals surface area (Å²) in [6.07, 6.45) is 1.02. The summed E-state index contributed by atoms with van der Waals surface area (Å²) in [6.45, 7) is 2.63. The zero-order chi connectivity index (χ0) is 16.1. The van der Waals surface area contributed by atoms with Crippen LogP contribution in [0.1, 0.15) is 17.4 Å². The molecule has 2 aromatic rings. The summed E-state index contributed by atoms with van der Waals surface area (Å²) in [5.41, 5.74) is 0.802. The third-order valence-corrected chi connectivity index (χ3v) is 3.78. The van der Waals surface area contributed by atoms with Crippen LogP contribution < -0.4 is 9.47 Å². The van der Waals surface area contributed by atoms with Crippen LogP contribution in [0.2, 0.25) is 0 Å². The van der Waals surface area contributed by atoms with Gasteiger partial charge in [0, 0.05) is 20.2 Å². The maximum atomic E-state index is 10.5. The summed E-state index contributed by atoms with van der Waals surface area (Å²) in [6, 6.07) is 9.30. The standard InChI is InChI=1S/C17H21NO5/c1-20-8-6-18(10-14-3-2-7-21-14)11-15(19)13-4-5-16-17(9-13)23-12-22-16/h2-5,7,9,15,19H,6,8,10-12H2,1H3/t15-/m0/s1. The number of aliphatic hydroxyl groups is 1. The second-order valence-electron chi connectivity index (χ2n) is 5.44. The summed E-state index contributed by atoms with van der Waals surface area (Å²) in [4.78, 5) is 2.09. The van der Waals surface area contributed by atoms with Gasteiger partial charge in [0.15, 0.2) is 11.5 Å². The Hall–Kier alpha value is -2.02. The quantitative estimate of drug-likeness (QED) is 0.805. The maximum Gasteiger partial charge on any atom is 0.231 e. The molecule has 6 nitrogen and oxygen atoms in total. The maximum absolute atomic E-state index is 10.5. The lowest BCUT2D eigenvalue weighted by molar-refractivity contribution is 0.0810. The summed E-state index contributed by atoms with van der Waals surface area (Å²) < 4.78 is 21.2. The number of fused-ring (bicyclic) bond motifs is 1. The van der Waals surface area contributed by atoms with Gasteiger partial charge < -0.3 is 23.7 Å². The minimum Gasteiger partial charge on any atom is -0.468 e. The van der Waals surface area contributed by atoms with Gasteiger partial charge in [-0.3, -0.25) is 4.90 Å². The Balaban J connectivity index is 1.65. The molecule has 0 unspecified atom stereocenters. The van der Waals surface area contributed by atoms with Crippen LogP contribution in [0, 0.1) is 0 Å². The molecule has 23 heavy (non-hydrogen) atoms. The van der Waals surface area contributed by atoms with Crippen LogP contribution in [-0.2, 0) is 11.3 Å². The highest BCUT2D eigenvalue weighted by atomic mass is 16.7. The van der Waals surface area contributed by atoms with E-state index in [1.165, 1.54) is 0 Å². The Bertz CT molecular complexity index is 613. The molecular formula is C17H21NO5. The van der Waals surface area contributed by atoms with Crippen LogP contribution in [0.4, 0.5) is 0 Å². The second kappa shape index (κ2) is 7.50. The Morgan fingerprint density at radius 3 is 2.91 bits per heavy atom. The van der Waals surface area contributed by atoms with E-state index >= 15 is 0 Å². The first-order valence-corrected chi connectivity index (χ1v) is 7.57. The fraction of sp³-hybridized carbons (Fsp3) is 0.412. The van der Waals surface area contributed by atoms with Crippen LogP contribution in [0.5, 0.6) is 11.5 Å². The van der Waals surface area contributed by atoms with Crippen molar-refractivity contribution in [3.05, 3.63) is 47.9 Å². The van der Waals surface area contributed by atoms with Crippen molar-refractivity contribution in [1.82, 2.24) is 4.90 Å². The van der Waals surface area contributed by atoms with Gasteiger partial charge in [-0.05, 0) is 29.8 Å². The predicted octanol–water partition coefficient (Wildman–Crippen LogP) is 2.19. The van der Waals surface area contributed by atoms with Crippen LogP contribution in [0.25, 0.3) is 0 Å². The highest BCUT2D eigenvalue weighted by molar-refractivity contribution is 5.45. The monoisotopic (exact) mass is 319 g/mol. The average molecular weight is 319 g/mol. The molecule has 0 spiro atoms. The molecule has 3 rings (SSSR count). The molecule has 1 aliphatic heterocycles. The number of rotatable bonds is 8. The minimum absolute atomic E-state index is 0.230. The lowest BCUT2D eigenvalue weighted by Gasteiger charge is -2.24. The molecule has 1 aliphatic rings. The molecule has 0 saturated carbocycles. The van der Waals surface area contributed by atoms with Gasteiger partial charge in [-0.2, -0.15) is 0 Å². The Kier molecular flexibility index (Phi) is 5.17. The first-order valence-electron chi connectivity index (χ1n) is 7.57. The molecule has 0 saturated heterocycles. The van der Waals surface area contributed by atoms with E-state index in [0.29, 0.717) is 37.7 Å². The zero-order valence-corrected chi connectivity index (χ0v) is 13.1. The molecule has 6 heteroatoms. The van der Waals surface area contributed by atoms with Crippen molar-refractivity contribution in [2.45, 2.75) is 12.6 Å². The van der Waals surface area contributed by atoms with E-state index in [9.17, 15) is 5.11 Å². The topological polar surface area (TPSA) is 64.3 Å². The van der Waals surface area contributed by atoms with Crippen LogP contribution >= 0.6 is 0 Å². The predicted molar refractivity (Wildman–Crippen MR) is 83.4 cm³/mol. The van der Waals surface area contributed by atoms with Crippen LogP contribution in [-0.4, -0.2) is 43.6 Å². The third kappa shape index (κ3) is 4.04. The largest absolute Gasteiger partial charge is 0.468 e. The molecule has 1 aromatic heterocycles. The van der Waals surface area contributed by atoms with E-state index in [2.05, 4.69) is 4.90 Å². The first kappa shape index (κ1) is 15.9. The molecule has 1 N–H and O–H groups in total. The van der Waals surface area contributed by atoms with E-state index in [1.807, 2.05) is 30.3 Å². The van der Waals surface area contributed by atoms with E-state index in [4.69, 9.17) is 18.6 Å². The Labute approximate surface area is 135 Å². The average Bonchev–Trinajstić information content (AvgIpc) is 3.22. The van der Waals surface area contributed by atoms with Gasteiger partial charge in [0.25, 0.3) is 0 Å². The SMILES string of the molecule is COCCN(Cc1ccco1)C[C@H](O)c1ccc2c(c1)OCO2. The summed E-state index contributed by atoms with van der Waals surface area (Å²) in [5, 5.41) is 10.5. The minimum atomic E-state index is -0.628. The van der Waals surface area contributed by atoms with Crippen molar-refractivity contribution in [1.29, 1.82) is 0 Å². The molecule has 0 amide bonds. The molecule has 124 valence electrons. The van der Waals surface area contributed by atoms with Gasteiger partial charge in [0.05, 0.1) is 25.5 Å². The fourth-order valence-electron chi connectivity index (χ4n) is 2.55. The molecule has 0 aliphatic carbocycles. The van der Waals surface area contributed by atoms with Crippen molar-refractivity contribution < 1.29 is 23.7 Å². The van der Waals surface area contributed by atoms with E-state index < -0.39 is 6.10 Å². The van der Waals surface area contributed by atoms with E-state index in [1.54, 1.807) is 13.4 Å². The van der Waals surface area contributed by atoms with Gasteiger partial charge in [0.1, 0.15) is 5.76 Å². The number of benzene rings is 1. The smallest absolute Gasteiger partial charge is 0.231 e. The molecule has 0 radical (unpaired) electrons. The van der Waals surface area contributed by atoms with Crippen molar-refractivity contribution in [3.63, 3.8) is 0 Å². The van der Waals surface area contributed by atoms with Gasteiger partial charge in [-0.1, -0.05) is 6.07 Å². The molecule has 0 bridgehead atoms. The third-order valence-electron chi connectivity index (χ3n) is 3.78. The van der Waals surface area contributed by atoms with Gasteiger partial charge >= 0.3 is 0 Å². The zero-order valence-electron chi connectivity index (χ0n) is 13.1. The van der Waals surface area contributed by atoms with Gasteiger partial charge in [-0.25, -0.2) is 0 Å². The molecule has 1 aromatic carbocycles. The van der Waals surface area contributed by atoms with E-state index in [0.717, 1.165) is 11.3 Å². The lowest BCUT2D eigenvalue weighted by atomic mass is 10.1. The fourth-order valence-corrected chi connectivity index (χ4v) is 2.55. The number of ether oxygens (including phenoxy) is 3. The van der Waals surface area contributed by atoms with Crippen LogP contribution in [0.3, 0.4) is 0 Å². The number of furan rings is 1. The molecule has 1 atom stereocenters.